The summed E-state index contributed by atoms with van der Waals surface area (Å²) in [5, 5.41) is 3.88. The number of nitrogens with zero attached hydrogens (tertiary/aromatic N) is 5. The monoisotopic (exact) mass is 318 g/mol. The van der Waals surface area contributed by atoms with Gasteiger partial charge < -0.3 is 5.73 Å². The van der Waals surface area contributed by atoms with Gasteiger partial charge in [-0.2, -0.15) is 19.5 Å². The molecule has 3 rings (SSSR count). The van der Waals surface area contributed by atoms with E-state index in [1.807, 2.05) is 32.0 Å². The van der Waals surface area contributed by atoms with Crippen molar-refractivity contribution in [2.75, 3.05) is 12.0 Å². The molecule has 0 fully saturated rings. The minimum Gasteiger partial charge on any atom is -0.368 e. The van der Waals surface area contributed by atoms with Crippen molar-refractivity contribution < 1.29 is 8.42 Å². The molecule has 0 aliphatic rings. The third kappa shape index (κ3) is 2.50. The Morgan fingerprint density at radius 1 is 1.05 bits per heavy atom. The fourth-order valence-electron chi connectivity index (χ4n) is 2.18. The Kier molecular flexibility index (Phi) is 3.10. The smallest absolute Gasteiger partial charge is 0.258 e. The first kappa shape index (κ1) is 14.4. The summed E-state index contributed by atoms with van der Waals surface area (Å²) in [6.45, 7) is 3.95. The maximum atomic E-state index is 11.6. The summed E-state index contributed by atoms with van der Waals surface area (Å²) in [5.74, 6) is 0.439. The first-order valence-corrected chi connectivity index (χ1v) is 8.32. The van der Waals surface area contributed by atoms with E-state index in [0.717, 1.165) is 22.9 Å². The van der Waals surface area contributed by atoms with Crippen LogP contribution < -0.4 is 5.73 Å². The Hall–Kier alpha value is -2.55. The molecule has 1 aromatic carbocycles. The molecule has 3 aromatic rings. The second-order valence-electron chi connectivity index (χ2n) is 5.16. The fraction of sp³-hybridized carbons (Fsp3) is 0.231. The van der Waals surface area contributed by atoms with Gasteiger partial charge in [0.05, 0.1) is 0 Å². The van der Waals surface area contributed by atoms with E-state index in [0.29, 0.717) is 5.82 Å². The van der Waals surface area contributed by atoms with Crippen molar-refractivity contribution in [2.45, 2.75) is 19.0 Å². The van der Waals surface area contributed by atoms with Gasteiger partial charge in [0.25, 0.3) is 10.9 Å². The Morgan fingerprint density at radius 2 is 1.68 bits per heavy atom. The summed E-state index contributed by atoms with van der Waals surface area (Å²) in [7, 11) is -3.57. The van der Waals surface area contributed by atoms with Crippen molar-refractivity contribution >= 4 is 21.6 Å². The van der Waals surface area contributed by atoms with Gasteiger partial charge in [-0.15, -0.1) is 5.10 Å². The molecule has 2 aromatic heterocycles. The minimum atomic E-state index is -3.57. The zero-order valence-electron chi connectivity index (χ0n) is 12.3. The van der Waals surface area contributed by atoms with Crippen LogP contribution in [0.5, 0.6) is 0 Å². The molecule has 114 valence electrons. The van der Waals surface area contributed by atoms with Crippen LogP contribution in [-0.2, 0) is 9.84 Å². The lowest BCUT2D eigenvalue weighted by atomic mass is 10.1. The number of aromatic nitrogens is 5. The molecule has 9 heteroatoms. The van der Waals surface area contributed by atoms with Crippen LogP contribution in [0.1, 0.15) is 11.1 Å². The third-order valence-electron chi connectivity index (χ3n) is 3.02. The molecular formula is C13H14N6O2S. The van der Waals surface area contributed by atoms with Gasteiger partial charge in [-0.3, -0.25) is 0 Å². The normalized spacial score (nSPS) is 12.0. The number of fused-ring (bicyclic) bond motifs is 1. The number of hydrogen-bond donors (Lipinski definition) is 1. The number of benzene rings is 1. The minimum absolute atomic E-state index is 0.0754. The van der Waals surface area contributed by atoms with Gasteiger partial charge in [0.15, 0.2) is 5.82 Å². The first-order chi connectivity index (χ1) is 10.2. The number of anilines is 1. The van der Waals surface area contributed by atoms with E-state index in [9.17, 15) is 8.42 Å². The first-order valence-electron chi connectivity index (χ1n) is 6.43. The Labute approximate surface area is 127 Å². The largest absolute Gasteiger partial charge is 0.368 e. The quantitative estimate of drug-likeness (QED) is 0.742. The number of hydrogen-bond acceptors (Lipinski definition) is 7. The molecule has 0 saturated carbocycles. The molecule has 0 spiro atoms. The molecule has 0 aliphatic heterocycles. The van der Waals surface area contributed by atoms with Gasteiger partial charge in [-0.05, 0) is 26.0 Å². The Bertz CT molecular complexity index is 973. The summed E-state index contributed by atoms with van der Waals surface area (Å²) >= 11 is 0. The van der Waals surface area contributed by atoms with E-state index < -0.39 is 9.84 Å². The molecule has 0 amide bonds. The van der Waals surface area contributed by atoms with Crippen molar-refractivity contribution in [2.24, 2.45) is 0 Å². The lowest BCUT2D eigenvalue weighted by Crippen LogP contribution is -2.11. The molecule has 0 saturated heterocycles. The maximum absolute atomic E-state index is 11.6. The van der Waals surface area contributed by atoms with Crippen LogP contribution in [0.2, 0.25) is 0 Å². The number of aryl methyl sites for hydroxylation is 2. The van der Waals surface area contributed by atoms with Crippen LogP contribution in [0, 0.1) is 13.8 Å². The molecule has 8 nitrogen and oxygen atoms in total. The molecule has 0 atom stereocenters. The van der Waals surface area contributed by atoms with Crippen LogP contribution in [0.4, 0.5) is 5.95 Å². The third-order valence-corrected chi connectivity index (χ3v) is 3.87. The van der Waals surface area contributed by atoms with Crippen molar-refractivity contribution in [1.29, 1.82) is 0 Å². The SMILES string of the molecule is Cc1cc(C)cc(-c2nc3nc(S(C)(=O)=O)nc(N)n3n2)c1. The van der Waals surface area contributed by atoms with E-state index in [-0.39, 0.29) is 16.9 Å². The van der Waals surface area contributed by atoms with Gasteiger partial charge in [-0.25, -0.2) is 8.42 Å². The highest BCUT2D eigenvalue weighted by molar-refractivity contribution is 7.90. The fourth-order valence-corrected chi connectivity index (χ4v) is 2.68. The van der Waals surface area contributed by atoms with Gasteiger partial charge >= 0.3 is 0 Å². The maximum Gasteiger partial charge on any atom is 0.258 e. The molecule has 2 N–H and O–H groups in total. The summed E-state index contributed by atoms with van der Waals surface area (Å²) in [4.78, 5) is 11.9. The molecule has 0 bridgehead atoms. The number of rotatable bonds is 2. The molecule has 2 heterocycles. The summed E-state index contributed by atoms with van der Waals surface area (Å²) < 4.78 is 24.3. The van der Waals surface area contributed by atoms with Gasteiger partial charge in [0.2, 0.25) is 15.8 Å². The van der Waals surface area contributed by atoms with Crippen LogP contribution in [0.15, 0.2) is 23.4 Å². The predicted molar refractivity (Wildman–Crippen MR) is 81.0 cm³/mol. The van der Waals surface area contributed by atoms with E-state index >= 15 is 0 Å². The number of nitrogen functional groups attached to an aromatic ring is 1. The summed E-state index contributed by atoms with van der Waals surface area (Å²) in [5.41, 5.74) is 8.71. The van der Waals surface area contributed by atoms with Crippen molar-refractivity contribution in [1.82, 2.24) is 24.6 Å². The van der Waals surface area contributed by atoms with Crippen LogP contribution in [0.3, 0.4) is 0 Å². The number of sulfone groups is 1. The van der Waals surface area contributed by atoms with Gasteiger partial charge in [0, 0.05) is 11.8 Å². The lowest BCUT2D eigenvalue weighted by molar-refractivity contribution is 0.592. The van der Waals surface area contributed by atoms with E-state index in [1.165, 1.54) is 4.52 Å². The topological polar surface area (TPSA) is 116 Å². The van der Waals surface area contributed by atoms with E-state index in [2.05, 4.69) is 20.1 Å². The zero-order valence-corrected chi connectivity index (χ0v) is 13.1. The molecule has 22 heavy (non-hydrogen) atoms. The predicted octanol–water partition coefficient (Wildman–Crippen LogP) is 0.789. The van der Waals surface area contributed by atoms with Crippen LogP contribution in [-0.4, -0.2) is 39.2 Å². The van der Waals surface area contributed by atoms with Gasteiger partial charge in [0.1, 0.15) is 0 Å². The second-order valence-corrected chi connectivity index (χ2v) is 7.07. The van der Waals surface area contributed by atoms with Crippen molar-refractivity contribution in [3.63, 3.8) is 0 Å². The van der Waals surface area contributed by atoms with E-state index in [4.69, 9.17) is 5.73 Å². The second kappa shape index (κ2) is 4.73. The Morgan fingerprint density at radius 3 is 2.27 bits per heavy atom. The van der Waals surface area contributed by atoms with Gasteiger partial charge in [-0.1, -0.05) is 17.2 Å². The molecular weight excluding hydrogens is 304 g/mol. The van der Waals surface area contributed by atoms with Crippen LogP contribution in [0.25, 0.3) is 17.2 Å². The van der Waals surface area contributed by atoms with Crippen molar-refractivity contribution in [3.8, 4) is 11.4 Å². The average molecular weight is 318 g/mol. The highest BCUT2D eigenvalue weighted by atomic mass is 32.2. The molecule has 0 aliphatic carbocycles. The summed E-state index contributed by atoms with van der Waals surface area (Å²) in [6.07, 6.45) is 1.01. The zero-order chi connectivity index (χ0) is 16.1. The average Bonchev–Trinajstić information content (AvgIpc) is 2.81. The highest BCUT2D eigenvalue weighted by Crippen LogP contribution is 2.20. The molecule has 0 radical (unpaired) electrons. The highest BCUT2D eigenvalue weighted by Gasteiger charge is 2.17. The lowest BCUT2D eigenvalue weighted by Gasteiger charge is -2.00. The van der Waals surface area contributed by atoms with Crippen LogP contribution >= 0.6 is 0 Å². The number of nitrogens with two attached hydrogens (primary N) is 1. The van der Waals surface area contributed by atoms with Crippen molar-refractivity contribution in [3.05, 3.63) is 29.3 Å². The summed E-state index contributed by atoms with van der Waals surface area (Å²) in [6, 6.07) is 5.90. The van der Waals surface area contributed by atoms with E-state index in [1.54, 1.807) is 0 Å². The standard InChI is InChI=1S/C13H14N6O2S/c1-7-4-8(2)6-9(5-7)10-15-12-17-13(22(3,20)21)16-11(14)19(12)18-10/h4-6H,1-3H3,(H2,14,15,16,17,18). The molecule has 0 unspecified atom stereocenters. The Balaban J connectivity index is 2.24.